The minimum absolute atomic E-state index is 0.300. The maximum Gasteiger partial charge on any atom is 0.155 e. The van der Waals surface area contributed by atoms with E-state index in [1.807, 2.05) is 12.1 Å². The summed E-state index contributed by atoms with van der Waals surface area (Å²) >= 11 is 3.37. The van der Waals surface area contributed by atoms with Crippen molar-refractivity contribution in [3.8, 4) is 5.75 Å². The number of hydrogen-bond donors (Lipinski definition) is 1. The number of benzene rings is 1. The van der Waals surface area contributed by atoms with Crippen molar-refractivity contribution in [1.82, 2.24) is 4.98 Å². The zero-order valence-corrected chi connectivity index (χ0v) is 10.9. The molecule has 0 saturated heterocycles. The number of phenols is 1. The smallest absolute Gasteiger partial charge is 0.155 e. The Labute approximate surface area is 103 Å². The van der Waals surface area contributed by atoms with E-state index in [4.69, 9.17) is 0 Å². The first-order valence-corrected chi connectivity index (χ1v) is 6.75. The molecule has 0 saturated carbocycles. The van der Waals surface area contributed by atoms with Crippen molar-refractivity contribution in [1.29, 1.82) is 0 Å². The third kappa shape index (κ3) is 2.57. The molecule has 0 unspecified atom stereocenters. The average molecular weight is 251 g/mol. The maximum atomic E-state index is 9.19. The lowest BCUT2D eigenvalue weighted by Gasteiger charge is -1.97. The zero-order chi connectivity index (χ0) is 11.5. The van der Waals surface area contributed by atoms with Gasteiger partial charge in [0, 0.05) is 9.77 Å². The van der Waals surface area contributed by atoms with Crippen molar-refractivity contribution in [2.45, 2.75) is 29.5 Å². The van der Waals surface area contributed by atoms with Crippen molar-refractivity contribution in [3.63, 3.8) is 0 Å². The molecule has 0 aliphatic heterocycles. The van der Waals surface area contributed by atoms with Crippen molar-refractivity contribution in [3.05, 3.63) is 34.8 Å². The number of nitrogens with zero attached hydrogens (tertiary/aromatic N) is 1. The molecule has 2 rings (SSSR count). The lowest BCUT2D eigenvalue weighted by molar-refractivity contribution is 0.475. The van der Waals surface area contributed by atoms with E-state index in [0.717, 1.165) is 15.7 Å². The third-order valence-electron chi connectivity index (χ3n) is 2.25. The summed E-state index contributed by atoms with van der Waals surface area (Å²) < 4.78 is 1.07. The summed E-state index contributed by atoms with van der Waals surface area (Å²) in [6, 6.07) is 7.21. The number of aryl methyl sites for hydroxylation is 2. The van der Waals surface area contributed by atoms with E-state index in [-0.39, 0.29) is 0 Å². The molecule has 2 nitrogen and oxygen atoms in total. The van der Waals surface area contributed by atoms with Crippen LogP contribution in [0.4, 0.5) is 0 Å². The van der Waals surface area contributed by atoms with E-state index in [1.54, 1.807) is 35.2 Å². The molecule has 1 aromatic heterocycles. The molecular weight excluding hydrogens is 238 g/mol. The molecule has 0 amide bonds. The van der Waals surface area contributed by atoms with Crippen LogP contribution in [0, 0.1) is 6.92 Å². The Morgan fingerprint density at radius 1 is 1.31 bits per heavy atom. The van der Waals surface area contributed by atoms with Gasteiger partial charge in [-0.25, -0.2) is 4.98 Å². The highest BCUT2D eigenvalue weighted by molar-refractivity contribution is 8.01. The van der Waals surface area contributed by atoms with Crippen LogP contribution < -0.4 is 0 Å². The second kappa shape index (κ2) is 4.89. The molecule has 0 aliphatic carbocycles. The van der Waals surface area contributed by atoms with Crippen molar-refractivity contribution < 1.29 is 5.11 Å². The Hall–Kier alpha value is -1.00. The van der Waals surface area contributed by atoms with Gasteiger partial charge in [-0.05, 0) is 37.6 Å². The van der Waals surface area contributed by atoms with Crippen LogP contribution >= 0.6 is 23.1 Å². The van der Waals surface area contributed by atoms with Gasteiger partial charge >= 0.3 is 0 Å². The predicted octanol–water partition coefficient (Wildman–Crippen LogP) is 3.87. The molecule has 2 aromatic rings. The van der Waals surface area contributed by atoms with Crippen LogP contribution in [-0.4, -0.2) is 10.1 Å². The van der Waals surface area contributed by atoms with Gasteiger partial charge in [0.1, 0.15) is 5.75 Å². The highest BCUT2D eigenvalue weighted by Gasteiger charge is 2.07. The van der Waals surface area contributed by atoms with Gasteiger partial charge in [0.15, 0.2) is 4.34 Å². The molecule has 84 valence electrons. The fraction of sp³-hybridized carbons (Fsp3) is 0.250. The van der Waals surface area contributed by atoms with Gasteiger partial charge in [-0.3, -0.25) is 0 Å². The maximum absolute atomic E-state index is 9.19. The summed E-state index contributed by atoms with van der Waals surface area (Å²) in [5, 5.41) is 9.19. The molecular formula is C12H13NOS2. The fourth-order valence-electron chi connectivity index (χ4n) is 1.39. The molecule has 1 N–H and O–H groups in total. The Balaban J connectivity index is 2.17. The van der Waals surface area contributed by atoms with Gasteiger partial charge in [-0.1, -0.05) is 18.7 Å². The summed E-state index contributed by atoms with van der Waals surface area (Å²) in [5.74, 6) is 0.300. The summed E-state index contributed by atoms with van der Waals surface area (Å²) in [6.45, 7) is 4.23. The monoisotopic (exact) mass is 251 g/mol. The van der Waals surface area contributed by atoms with Crippen LogP contribution in [-0.2, 0) is 6.42 Å². The van der Waals surface area contributed by atoms with Crippen LogP contribution in [0.5, 0.6) is 5.75 Å². The molecule has 1 heterocycles. The summed E-state index contributed by atoms with van der Waals surface area (Å²) in [4.78, 5) is 6.97. The first-order valence-electron chi connectivity index (χ1n) is 5.12. The lowest BCUT2D eigenvalue weighted by atomic mass is 10.3. The van der Waals surface area contributed by atoms with E-state index in [2.05, 4.69) is 18.8 Å². The van der Waals surface area contributed by atoms with Crippen molar-refractivity contribution in [2.75, 3.05) is 0 Å². The van der Waals surface area contributed by atoms with E-state index in [9.17, 15) is 5.11 Å². The molecule has 1 aromatic carbocycles. The highest BCUT2D eigenvalue weighted by atomic mass is 32.2. The number of phenolic OH excluding ortho intramolecular Hbond substituents is 1. The van der Waals surface area contributed by atoms with Crippen molar-refractivity contribution >= 4 is 23.1 Å². The molecule has 0 fully saturated rings. The van der Waals surface area contributed by atoms with Gasteiger partial charge in [-0.2, -0.15) is 0 Å². The third-order valence-corrected chi connectivity index (χ3v) is 4.33. The predicted molar refractivity (Wildman–Crippen MR) is 68.5 cm³/mol. The first kappa shape index (κ1) is 11.5. The molecule has 0 atom stereocenters. The number of thiazole rings is 1. The Kier molecular flexibility index (Phi) is 3.51. The second-order valence-corrected chi connectivity index (χ2v) is 5.96. The molecule has 4 heteroatoms. The Morgan fingerprint density at radius 2 is 2.00 bits per heavy atom. The normalized spacial score (nSPS) is 10.6. The molecule has 0 radical (unpaired) electrons. The van der Waals surface area contributed by atoms with Gasteiger partial charge < -0.3 is 5.11 Å². The lowest BCUT2D eigenvalue weighted by Crippen LogP contribution is -1.81. The van der Waals surface area contributed by atoms with Crippen LogP contribution in [0.2, 0.25) is 0 Å². The summed E-state index contributed by atoms with van der Waals surface area (Å²) in [5.41, 5.74) is 1.19. The van der Waals surface area contributed by atoms with Gasteiger partial charge in [0.05, 0.1) is 5.69 Å². The van der Waals surface area contributed by atoms with Crippen molar-refractivity contribution in [2.24, 2.45) is 0 Å². The van der Waals surface area contributed by atoms with Crippen LogP contribution in [0.25, 0.3) is 0 Å². The first-order chi connectivity index (χ1) is 7.69. The second-order valence-electron chi connectivity index (χ2n) is 3.43. The van der Waals surface area contributed by atoms with Crippen LogP contribution in [0.15, 0.2) is 33.5 Å². The minimum Gasteiger partial charge on any atom is -0.508 e. The number of aromatic nitrogens is 1. The Bertz CT molecular complexity index is 476. The highest BCUT2D eigenvalue weighted by Crippen LogP contribution is 2.33. The molecule has 0 bridgehead atoms. The van der Waals surface area contributed by atoms with E-state index in [1.165, 1.54) is 10.6 Å². The minimum atomic E-state index is 0.300. The molecule has 16 heavy (non-hydrogen) atoms. The van der Waals surface area contributed by atoms with Gasteiger partial charge in [-0.15, -0.1) is 11.3 Å². The SMILES string of the molecule is CCc1nc(Sc2ccc(O)cc2)sc1C. The van der Waals surface area contributed by atoms with Gasteiger partial charge in [0.2, 0.25) is 0 Å². The average Bonchev–Trinajstić information content (AvgIpc) is 2.62. The zero-order valence-electron chi connectivity index (χ0n) is 9.23. The number of aromatic hydroxyl groups is 1. The summed E-state index contributed by atoms with van der Waals surface area (Å²) in [7, 11) is 0. The molecule has 0 aliphatic rings. The van der Waals surface area contributed by atoms with E-state index in [0.29, 0.717) is 5.75 Å². The topological polar surface area (TPSA) is 33.1 Å². The van der Waals surface area contributed by atoms with Gasteiger partial charge in [0.25, 0.3) is 0 Å². The number of rotatable bonds is 3. The summed E-state index contributed by atoms with van der Waals surface area (Å²) in [6.07, 6.45) is 0.985. The van der Waals surface area contributed by atoms with Crippen LogP contribution in [0.1, 0.15) is 17.5 Å². The fourth-order valence-corrected chi connectivity index (χ4v) is 3.57. The van der Waals surface area contributed by atoms with E-state index < -0.39 is 0 Å². The quantitative estimate of drug-likeness (QED) is 0.899. The molecule has 0 spiro atoms. The Morgan fingerprint density at radius 3 is 2.56 bits per heavy atom. The number of hydrogen-bond acceptors (Lipinski definition) is 4. The van der Waals surface area contributed by atoms with E-state index >= 15 is 0 Å². The standard InChI is InChI=1S/C12H13NOS2/c1-3-11-8(2)15-12(13-11)16-10-6-4-9(14)5-7-10/h4-7,14H,3H2,1-2H3. The van der Waals surface area contributed by atoms with Crippen LogP contribution in [0.3, 0.4) is 0 Å². The largest absolute Gasteiger partial charge is 0.508 e.